The van der Waals surface area contributed by atoms with Crippen molar-refractivity contribution in [3.8, 4) is 0 Å². The third-order valence-electron chi connectivity index (χ3n) is 3.61. The summed E-state index contributed by atoms with van der Waals surface area (Å²) in [5.74, 6) is -0.889. The summed E-state index contributed by atoms with van der Waals surface area (Å²) >= 11 is 0. The van der Waals surface area contributed by atoms with E-state index in [1.807, 2.05) is 13.8 Å². The lowest BCUT2D eigenvalue weighted by molar-refractivity contribution is -0.135. The maximum atomic E-state index is 12.3. The molecule has 0 fully saturated rings. The summed E-state index contributed by atoms with van der Waals surface area (Å²) < 4.78 is 0. The smallest absolute Gasteiger partial charge is 0.335 e. The highest BCUT2D eigenvalue weighted by Crippen LogP contribution is 2.25. The second kappa shape index (κ2) is 6.05. The predicted molar refractivity (Wildman–Crippen MR) is 75.4 cm³/mol. The van der Waals surface area contributed by atoms with E-state index >= 15 is 0 Å². The van der Waals surface area contributed by atoms with E-state index in [0.717, 1.165) is 17.7 Å². The predicted octanol–water partition coefficient (Wildman–Crippen LogP) is 1.47. The van der Waals surface area contributed by atoms with E-state index in [-0.39, 0.29) is 17.4 Å². The van der Waals surface area contributed by atoms with Crippen LogP contribution in [-0.4, -0.2) is 35.0 Å². The van der Waals surface area contributed by atoms with Gasteiger partial charge >= 0.3 is 5.97 Å². The summed E-state index contributed by atoms with van der Waals surface area (Å²) in [5, 5.41) is 12.2. The van der Waals surface area contributed by atoms with Crippen LogP contribution in [0.5, 0.6) is 0 Å². The number of fused-ring (bicyclic) bond motifs is 1. The molecule has 0 saturated heterocycles. The molecule has 5 heteroatoms. The van der Waals surface area contributed by atoms with Gasteiger partial charge in [-0.25, -0.2) is 4.79 Å². The summed E-state index contributed by atoms with van der Waals surface area (Å²) in [6.45, 7) is 6.52. The molecule has 108 valence electrons. The second-order valence-corrected chi connectivity index (χ2v) is 5.19. The van der Waals surface area contributed by atoms with E-state index in [9.17, 15) is 9.59 Å². The first-order valence-electron chi connectivity index (χ1n) is 6.87. The van der Waals surface area contributed by atoms with Crippen LogP contribution in [0.2, 0.25) is 0 Å². The average Bonchev–Trinajstić information content (AvgIpc) is 2.86. The van der Waals surface area contributed by atoms with Gasteiger partial charge in [-0.15, -0.1) is 0 Å². The van der Waals surface area contributed by atoms with Crippen molar-refractivity contribution >= 4 is 11.9 Å². The van der Waals surface area contributed by atoms with Crippen molar-refractivity contribution in [2.24, 2.45) is 5.92 Å². The fraction of sp³-hybridized carbons (Fsp3) is 0.467. The molecule has 1 aromatic carbocycles. The van der Waals surface area contributed by atoms with Gasteiger partial charge in [-0.2, -0.15) is 0 Å². The lowest BCUT2D eigenvalue weighted by atomic mass is 10.1. The molecule has 1 atom stereocenters. The summed E-state index contributed by atoms with van der Waals surface area (Å²) in [6.07, 6.45) is 0. The number of carbonyl (C=O) groups is 2. The number of rotatable bonds is 5. The zero-order valence-electron chi connectivity index (χ0n) is 11.8. The molecule has 20 heavy (non-hydrogen) atoms. The number of hydrogen-bond donors (Lipinski definition) is 2. The topological polar surface area (TPSA) is 69.6 Å². The average molecular weight is 276 g/mol. The summed E-state index contributed by atoms with van der Waals surface area (Å²) in [6, 6.07) is 5.07. The SMILES string of the molecule is CCNCC(C)C(=O)N1Cc2ccc(C(=O)O)cc2C1. The Morgan fingerprint density at radius 1 is 1.35 bits per heavy atom. The molecule has 0 spiro atoms. The van der Waals surface area contributed by atoms with Crippen LogP contribution >= 0.6 is 0 Å². The van der Waals surface area contributed by atoms with Gasteiger partial charge in [0.25, 0.3) is 0 Å². The molecular formula is C15H20N2O3. The number of amides is 1. The molecule has 0 aliphatic carbocycles. The number of hydrogen-bond acceptors (Lipinski definition) is 3. The van der Waals surface area contributed by atoms with Crippen LogP contribution in [0.4, 0.5) is 0 Å². The Bertz CT molecular complexity index is 528. The standard InChI is InChI=1S/C15H20N2O3/c1-3-16-7-10(2)14(18)17-8-12-5-4-11(15(19)20)6-13(12)9-17/h4-6,10,16H,3,7-9H2,1-2H3,(H,19,20). The van der Waals surface area contributed by atoms with E-state index < -0.39 is 5.97 Å². The molecule has 2 N–H and O–H groups in total. The molecule has 1 unspecified atom stereocenters. The largest absolute Gasteiger partial charge is 0.478 e. The number of carboxylic acids is 1. The maximum absolute atomic E-state index is 12.3. The first-order valence-corrected chi connectivity index (χ1v) is 6.87. The minimum absolute atomic E-state index is 0.0665. The van der Waals surface area contributed by atoms with Crippen LogP contribution < -0.4 is 5.32 Å². The summed E-state index contributed by atoms with van der Waals surface area (Å²) in [7, 11) is 0. The minimum atomic E-state index is -0.932. The molecule has 1 aliphatic heterocycles. The van der Waals surface area contributed by atoms with Crippen molar-refractivity contribution in [3.63, 3.8) is 0 Å². The second-order valence-electron chi connectivity index (χ2n) is 5.19. The van der Waals surface area contributed by atoms with Crippen molar-refractivity contribution < 1.29 is 14.7 Å². The Kier molecular flexibility index (Phi) is 4.39. The molecule has 0 saturated carbocycles. The van der Waals surface area contributed by atoms with Crippen molar-refractivity contribution in [2.45, 2.75) is 26.9 Å². The van der Waals surface area contributed by atoms with Crippen LogP contribution in [-0.2, 0) is 17.9 Å². The van der Waals surface area contributed by atoms with Crippen molar-refractivity contribution in [2.75, 3.05) is 13.1 Å². The lowest BCUT2D eigenvalue weighted by Crippen LogP contribution is -2.36. The Morgan fingerprint density at radius 3 is 2.70 bits per heavy atom. The van der Waals surface area contributed by atoms with Crippen LogP contribution in [0.25, 0.3) is 0 Å². The van der Waals surface area contributed by atoms with Crippen LogP contribution in [0.1, 0.15) is 35.3 Å². The van der Waals surface area contributed by atoms with Gasteiger partial charge < -0.3 is 15.3 Å². The molecule has 2 rings (SSSR count). The molecule has 5 nitrogen and oxygen atoms in total. The Morgan fingerprint density at radius 2 is 2.05 bits per heavy atom. The van der Waals surface area contributed by atoms with Crippen molar-refractivity contribution in [3.05, 3.63) is 34.9 Å². The van der Waals surface area contributed by atoms with Gasteiger partial charge in [-0.1, -0.05) is 19.9 Å². The fourth-order valence-corrected chi connectivity index (χ4v) is 2.44. The van der Waals surface area contributed by atoms with Crippen LogP contribution in [0.3, 0.4) is 0 Å². The van der Waals surface area contributed by atoms with Crippen molar-refractivity contribution in [1.82, 2.24) is 10.2 Å². The molecule has 1 aromatic rings. The van der Waals surface area contributed by atoms with Crippen LogP contribution in [0.15, 0.2) is 18.2 Å². The third kappa shape index (κ3) is 2.99. The summed E-state index contributed by atoms with van der Waals surface area (Å²) in [4.78, 5) is 25.1. The monoisotopic (exact) mass is 276 g/mol. The number of benzene rings is 1. The molecular weight excluding hydrogens is 256 g/mol. The Hall–Kier alpha value is -1.88. The third-order valence-corrected chi connectivity index (χ3v) is 3.61. The van der Waals surface area contributed by atoms with Crippen molar-refractivity contribution in [1.29, 1.82) is 0 Å². The number of nitrogens with one attached hydrogen (secondary N) is 1. The number of carbonyl (C=O) groups excluding carboxylic acids is 1. The summed E-state index contributed by atoms with van der Waals surface area (Å²) in [5.41, 5.74) is 2.26. The highest BCUT2D eigenvalue weighted by atomic mass is 16.4. The fourth-order valence-electron chi connectivity index (χ4n) is 2.44. The maximum Gasteiger partial charge on any atom is 0.335 e. The molecule has 1 aliphatic rings. The van der Waals surface area contributed by atoms with Gasteiger partial charge in [0.15, 0.2) is 0 Å². The molecule has 1 heterocycles. The highest BCUT2D eigenvalue weighted by Gasteiger charge is 2.27. The van der Waals surface area contributed by atoms with E-state index in [4.69, 9.17) is 5.11 Å². The van der Waals surface area contributed by atoms with E-state index in [0.29, 0.717) is 19.6 Å². The van der Waals surface area contributed by atoms with E-state index in [1.165, 1.54) is 0 Å². The molecule has 0 aromatic heterocycles. The Labute approximate surface area is 118 Å². The normalized spacial score (nSPS) is 15.0. The van der Waals surface area contributed by atoms with Gasteiger partial charge in [0.2, 0.25) is 5.91 Å². The molecule has 0 bridgehead atoms. The van der Waals surface area contributed by atoms with E-state index in [1.54, 1.807) is 23.1 Å². The van der Waals surface area contributed by atoms with Crippen LogP contribution in [0, 0.1) is 5.92 Å². The van der Waals surface area contributed by atoms with Gasteiger partial charge in [0.1, 0.15) is 0 Å². The molecule has 1 amide bonds. The van der Waals surface area contributed by atoms with Gasteiger partial charge in [-0.05, 0) is 29.8 Å². The Balaban J connectivity index is 2.05. The highest BCUT2D eigenvalue weighted by molar-refractivity contribution is 5.88. The van der Waals surface area contributed by atoms with Gasteiger partial charge in [0.05, 0.1) is 5.56 Å². The first-order chi connectivity index (χ1) is 9.52. The quantitative estimate of drug-likeness (QED) is 0.854. The lowest BCUT2D eigenvalue weighted by Gasteiger charge is -2.20. The first kappa shape index (κ1) is 14.5. The van der Waals surface area contributed by atoms with E-state index in [2.05, 4.69) is 5.32 Å². The number of carboxylic acid groups (broad SMARTS) is 1. The van der Waals surface area contributed by atoms with Gasteiger partial charge in [-0.3, -0.25) is 4.79 Å². The number of nitrogens with zero attached hydrogens (tertiary/aromatic N) is 1. The van der Waals surface area contributed by atoms with Gasteiger partial charge in [0, 0.05) is 25.6 Å². The minimum Gasteiger partial charge on any atom is -0.478 e. The molecule has 0 radical (unpaired) electrons. The number of aromatic carboxylic acids is 1. The zero-order chi connectivity index (χ0) is 14.7. The zero-order valence-corrected chi connectivity index (χ0v) is 11.8.